The second-order valence-corrected chi connectivity index (χ2v) is 11.0. The van der Waals surface area contributed by atoms with E-state index in [1.807, 2.05) is 12.1 Å². The van der Waals surface area contributed by atoms with Crippen molar-refractivity contribution in [2.75, 3.05) is 5.32 Å². The average Bonchev–Trinajstić information content (AvgIpc) is 2.24. The highest BCUT2D eigenvalue weighted by molar-refractivity contribution is 6.74. The van der Waals surface area contributed by atoms with Gasteiger partial charge in [-0.2, -0.15) is 0 Å². The molecule has 0 saturated heterocycles. The molecule has 1 rings (SSSR count). The Labute approximate surface area is 115 Å². The maximum absolute atomic E-state index is 10.6. The van der Waals surface area contributed by atoms with E-state index >= 15 is 0 Å². The molecule has 0 aromatic heterocycles. The Morgan fingerprint density at radius 1 is 1.37 bits per heavy atom. The fourth-order valence-corrected chi connectivity index (χ4v) is 2.30. The Bertz CT molecular complexity index is 452. The van der Waals surface area contributed by atoms with Crippen LogP contribution in [0.3, 0.4) is 0 Å². The molecule has 0 aliphatic heterocycles. The summed E-state index contributed by atoms with van der Waals surface area (Å²) >= 11 is 0. The van der Waals surface area contributed by atoms with Gasteiger partial charge in [-0.3, -0.25) is 5.32 Å². The van der Waals surface area contributed by atoms with Crippen molar-refractivity contribution in [2.24, 2.45) is 0 Å². The molecule has 1 aromatic carbocycles. The summed E-state index contributed by atoms with van der Waals surface area (Å²) in [6.07, 6.45) is -1.05. The van der Waals surface area contributed by atoms with Gasteiger partial charge in [0.05, 0.1) is 6.61 Å². The Hall–Kier alpha value is -1.33. The van der Waals surface area contributed by atoms with Gasteiger partial charge in [-0.15, -0.1) is 0 Å². The largest absolute Gasteiger partial charge is 0.465 e. The number of rotatable bonds is 4. The summed E-state index contributed by atoms with van der Waals surface area (Å²) in [6, 6.07) is 7.31. The van der Waals surface area contributed by atoms with Crippen molar-refractivity contribution in [3.05, 3.63) is 29.8 Å². The highest BCUT2D eigenvalue weighted by atomic mass is 28.4. The smallest absolute Gasteiger partial charge is 0.409 e. The summed E-state index contributed by atoms with van der Waals surface area (Å²) in [4.78, 5) is 10.6. The SMILES string of the molecule is CC(C)(C)[Si](C)(C)OCc1cccc(NC(=O)O)c1. The van der Waals surface area contributed by atoms with Gasteiger partial charge in [-0.25, -0.2) is 4.79 Å². The molecule has 19 heavy (non-hydrogen) atoms. The molecule has 1 aromatic rings. The minimum absolute atomic E-state index is 0.171. The summed E-state index contributed by atoms with van der Waals surface area (Å²) in [7, 11) is -1.77. The number of carboxylic acid groups (broad SMARTS) is 1. The standard InChI is InChI=1S/C14H23NO3Si/c1-14(2,3)19(4,5)18-10-11-7-6-8-12(9-11)15-13(16)17/h6-9,15H,10H2,1-5H3,(H,16,17). The first-order valence-corrected chi connectivity index (χ1v) is 9.25. The molecule has 0 bridgehead atoms. The number of nitrogens with one attached hydrogen (secondary N) is 1. The average molecular weight is 281 g/mol. The number of benzene rings is 1. The molecule has 4 nitrogen and oxygen atoms in total. The lowest BCUT2D eigenvalue weighted by molar-refractivity contribution is 0.209. The molecule has 2 N–H and O–H groups in total. The minimum Gasteiger partial charge on any atom is -0.465 e. The Morgan fingerprint density at radius 3 is 2.53 bits per heavy atom. The minimum atomic E-state index is -1.77. The van der Waals surface area contributed by atoms with Crippen LogP contribution in [0.25, 0.3) is 0 Å². The molecule has 0 saturated carbocycles. The van der Waals surface area contributed by atoms with Crippen LogP contribution in [0.1, 0.15) is 26.3 Å². The third-order valence-corrected chi connectivity index (χ3v) is 8.06. The summed E-state index contributed by atoms with van der Waals surface area (Å²) in [6.45, 7) is 11.5. The third kappa shape index (κ3) is 4.68. The van der Waals surface area contributed by atoms with Crippen LogP contribution in [0.4, 0.5) is 10.5 Å². The Kier molecular flexibility index (Phi) is 4.76. The third-order valence-electron chi connectivity index (χ3n) is 3.58. The molecule has 0 spiro atoms. The van der Waals surface area contributed by atoms with E-state index in [-0.39, 0.29) is 5.04 Å². The Balaban J connectivity index is 2.71. The van der Waals surface area contributed by atoms with Crippen molar-refractivity contribution in [3.63, 3.8) is 0 Å². The summed E-state index contributed by atoms with van der Waals surface area (Å²) in [5.41, 5.74) is 1.56. The zero-order valence-corrected chi connectivity index (χ0v) is 13.3. The van der Waals surface area contributed by atoms with Crippen molar-refractivity contribution in [2.45, 2.75) is 45.5 Å². The molecule has 106 valence electrons. The predicted octanol–water partition coefficient (Wildman–Crippen LogP) is 4.30. The predicted molar refractivity (Wildman–Crippen MR) is 80.1 cm³/mol. The molecule has 0 heterocycles. The van der Waals surface area contributed by atoms with Gasteiger partial charge < -0.3 is 9.53 Å². The lowest BCUT2D eigenvalue weighted by Gasteiger charge is -2.36. The van der Waals surface area contributed by atoms with E-state index in [4.69, 9.17) is 9.53 Å². The van der Waals surface area contributed by atoms with Crippen LogP contribution in [0.15, 0.2) is 24.3 Å². The van der Waals surface area contributed by atoms with E-state index in [1.54, 1.807) is 12.1 Å². The van der Waals surface area contributed by atoms with Gasteiger partial charge in [-0.1, -0.05) is 32.9 Å². The molecule has 5 heteroatoms. The number of anilines is 1. The van der Waals surface area contributed by atoms with E-state index in [1.165, 1.54) is 0 Å². The van der Waals surface area contributed by atoms with Crippen LogP contribution >= 0.6 is 0 Å². The second kappa shape index (κ2) is 5.75. The van der Waals surface area contributed by atoms with E-state index in [9.17, 15) is 4.79 Å². The quantitative estimate of drug-likeness (QED) is 0.809. The first kappa shape index (κ1) is 15.7. The zero-order chi connectivity index (χ0) is 14.7. The maximum atomic E-state index is 10.6. The highest BCUT2D eigenvalue weighted by Crippen LogP contribution is 2.37. The normalized spacial score (nSPS) is 12.3. The van der Waals surface area contributed by atoms with Gasteiger partial charge in [0, 0.05) is 5.69 Å². The van der Waals surface area contributed by atoms with Crippen molar-refractivity contribution >= 4 is 20.1 Å². The number of carbonyl (C=O) groups is 1. The van der Waals surface area contributed by atoms with Crippen LogP contribution in [0, 0.1) is 0 Å². The van der Waals surface area contributed by atoms with Gasteiger partial charge in [0.1, 0.15) is 0 Å². The van der Waals surface area contributed by atoms with Gasteiger partial charge in [0.15, 0.2) is 8.32 Å². The maximum Gasteiger partial charge on any atom is 0.409 e. The van der Waals surface area contributed by atoms with E-state index in [0.717, 1.165) is 5.56 Å². The summed E-state index contributed by atoms with van der Waals surface area (Å²) < 4.78 is 6.10. The first-order valence-electron chi connectivity index (χ1n) is 6.35. The fraction of sp³-hybridized carbons (Fsp3) is 0.500. The van der Waals surface area contributed by atoms with Crippen LogP contribution in [0.2, 0.25) is 18.1 Å². The lowest BCUT2D eigenvalue weighted by atomic mass is 10.2. The van der Waals surface area contributed by atoms with Crippen LogP contribution < -0.4 is 5.32 Å². The first-order chi connectivity index (χ1) is 8.62. The van der Waals surface area contributed by atoms with Gasteiger partial charge in [0.2, 0.25) is 0 Å². The zero-order valence-electron chi connectivity index (χ0n) is 12.3. The number of hydrogen-bond acceptors (Lipinski definition) is 2. The molecule has 0 aliphatic rings. The molecule has 0 fully saturated rings. The second-order valence-electron chi connectivity index (χ2n) is 6.18. The molecule has 0 atom stereocenters. The van der Waals surface area contributed by atoms with E-state index < -0.39 is 14.4 Å². The summed E-state index contributed by atoms with van der Waals surface area (Å²) in [5.74, 6) is 0. The molecule has 0 aliphatic carbocycles. The molecule has 0 radical (unpaired) electrons. The van der Waals surface area contributed by atoms with E-state index in [0.29, 0.717) is 12.3 Å². The molecular formula is C14H23NO3Si. The van der Waals surface area contributed by atoms with Gasteiger partial charge in [0.25, 0.3) is 0 Å². The van der Waals surface area contributed by atoms with Crippen LogP contribution in [-0.2, 0) is 11.0 Å². The van der Waals surface area contributed by atoms with E-state index in [2.05, 4.69) is 39.2 Å². The molecule has 0 unspecified atom stereocenters. The van der Waals surface area contributed by atoms with Crippen molar-refractivity contribution < 1.29 is 14.3 Å². The van der Waals surface area contributed by atoms with Crippen LogP contribution in [-0.4, -0.2) is 19.5 Å². The van der Waals surface area contributed by atoms with Crippen LogP contribution in [0.5, 0.6) is 0 Å². The van der Waals surface area contributed by atoms with Crippen molar-refractivity contribution in [1.82, 2.24) is 0 Å². The lowest BCUT2D eigenvalue weighted by Crippen LogP contribution is -2.40. The molecule has 1 amide bonds. The van der Waals surface area contributed by atoms with Crippen molar-refractivity contribution in [1.29, 1.82) is 0 Å². The monoisotopic (exact) mass is 281 g/mol. The number of hydrogen-bond donors (Lipinski definition) is 2. The highest BCUT2D eigenvalue weighted by Gasteiger charge is 2.36. The van der Waals surface area contributed by atoms with Crippen molar-refractivity contribution in [3.8, 4) is 0 Å². The topological polar surface area (TPSA) is 58.6 Å². The fourth-order valence-electron chi connectivity index (χ4n) is 1.34. The number of amides is 1. The van der Waals surface area contributed by atoms with Gasteiger partial charge in [-0.05, 0) is 35.8 Å². The molecular weight excluding hydrogens is 258 g/mol. The Morgan fingerprint density at radius 2 is 2.00 bits per heavy atom. The summed E-state index contributed by atoms with van der Waals surface area (Å²) in [5, 5.41) is 11.2. The van der Waals surface area contributed by atoms with Gasteiger partial charge >= 0.3 is 6.09 Å².